The van der Waals surface area contributed by atoms with Crippen molar-refractivity contribution in [3.63, 3.8) is 0 Å². The van der Waals surface area contributed by atoms with Crippen molar-refractivity contribution in [1.29, 1.82) is 0 Å². The van der Waals surface area contributed by atoms with Crippen molar-refractivity contribution < 1.29 is 28.5 Å². The van der Waals surface area contributed by atoms with Crippen molar-refractivity contribution >= 4 is 29.4 Å². The molecular weight excluding hydrogens is 520 g/mol. The zero-order valence-electron chi connectivity index (χ0n) is 22.5. The molecule has 0 saturated heterocycles. The lowest BCUT2D eigenvalue weighted by atomic mass is 9.95. The molecule has 2 heterocycles. The summed E-state index contributed by atoms with van der Waals surface area (Å²) in [5, 5.41) is 0. The molecule has 4 rings (SSSR count). The third-order valence-corrected chi connectivity index (χ3v) is 7.03. The van der Waals surface area contributed by atoms with E-state index in [-0.39, 0.29) is 25.4 Å². The number of benzene rings is 2. The molecule has 1 atom stereocenters. The van der Waals surface area contributed by atoms with Crippen LogP contribution in [0.5, 0.6) is 11.5 Å². The lowest BCUT2D eigenvalue weighted by Crippen LogP contribution is -2.39. The Labute approximate surface area is 229 Å². The van der Waals surface area contributed by atoms with Gasteiger partial charge in [-0.3, -0.25) is 9.36 Å². The molecule has 9 nitrogen and oxygen atoms in total. The summed E-state index contributed by atoms with van der Waals surface area (Å²) in [6, 6.07) is 12.2. The summed E-state index contributed by atoms with van der Waals surface area (Å²) in [5.74, 6) is -0.226. The molecule has 2 aromatic carbocycles. The minimum absolute atomic E-state index is 0.207. The Morgan fingerprint density at radius 1 is 1.03 bits per heavy atom. The first-order valence-corrected chi connectivity index (χ1v) is 13.3. The first kappa shape index (κ1) is 27.8. The number of carbonyl (C=O) groups excluding carboxylic acids is 2. The Balaban J connectivity index is 1.81. The van der Waals surface area contributed by atoms with Gasteiger partial charge in [0.15, 0.2) is 22.9 Å². The first-order chi connectivity index (χ1) is 18.8. The van der Waals surface area contributed by atoms with Gasteiger partial charge in [-0.05, 0) is 57.0 Å². The van der Waals surface area contributed by atoms with Crippen LogP contribution in [0.1, 0.15) is 43.5 Å². The zero-order chi connectivity index (χ0) is 28.1. The van der Waals surface area contributed by atoms with Crippen LogP contribution in [0.15, 0.2) is 63.5 Å². The maximum Gasteiger partial charge on any atom is 0.344 e. The maximum absolute atomic E-state index is 13.8. The van der Waals surface area contributed by atoms with Gasteiger partial charge < -0.3 is 18.9 Å². The summed E-state index contributed by atoms with van der Waals surface area (Å²) >= 11 is 1.23. The van der Waals surface area contributed by atoms with Gasteiger partial charge in [-0.1, -0.05) is 47.2 Å². The molecule has 0 bridgehead atoms. The number of thiazole rings is 1. The lowest BCUT2D eigenvalue weighted by molar-refractivity contribution is -0.145. The summed E-state index contributed by atoms with van der Waals surface area (Å²) in [5.41, 5.74) is 3.05. The fraction of sp³-hybridized carbons (Fsp3) is 0.310. The van der Waals surface area contributed by atoms with Gasteiger partial charge in [-0.25, -0.2) is 14.6 Å². The highest BCUT2D eigenvalue weighted by molar-refractivity contribution is 7.07. The monoisotopic (exact) mass is 550 g/mol. The van der Waals surface area contributed by atoms with Crippen molar-refractivity contribution in [2.45, 2.75) is 33.7 Å². The number of aromatic nitrogens is 1. The second-order valence-corrected chi connectivity index (χ2v) is 9.73. The Morgan fingerprint density at radius 2 is 1.74 bits per heavy atom. The number of aryl methyl sites for hydroxylation is 1. The fourth-order valence-corrected chi connectivity index (χ4v) is 5.29. The number of rotatable bonds is 9. The molecule has 0 radical (unpaired) electrons. The van der Waals surface area contributed by atoms with Gasteiger partial charge in [0.25, 0.3) is 5.56 Å². The number of allylic oxidation sites excluding steroid dienone is 1. The lowest BCUT2D eigenvalue weighted by Gasteiger charge is -2.24. The molecule has 0 spiro atoms. The van der Waals surface area contributed by atoms with E-state index in [0.29, 0.717) is 37.7 Å². The number of methoxy groups -OCH3 is 1. The predicted molar refractivity (Wildman–Crippen MR) is 147 cm³/mol. The largest absolute Gasteiger partial charge is 0.493 e. The number of esters is 2. The highest BCUT2D eigenvalue weighted by Gasteiger charge is 2.33. The minimum Gasteiger partial charge on any atom is -0.493 e. The Kier molecular flexibility index (Phi) is 8.65. The van der Waals surface area contributed by atoms with Gasteiger partial charge in [-0.15, -0.1) is 0 Å². The molecule has 0 fully saturated rings. The van der Waals surface area contributed by atoms with Crippen molar-refractivity contribution in [2.75, 3.05) is 26.9 Å². The number of nitrogens with zero attached hydrogens (tertiary/aromatic N) is 2. The highest BCUT2D eigenvalue weighted by Crippen LogP contribution is 2.31. The normalized spacial score (nSPS) is 14.9. The molecule has 0 N–H and O–H groups in total. The summed E-state index contributed by atoms with van der Waals surface area (Å²) in [7, 11) is 1.50. The smallest absolute Gasteiger partial charge is 0.344 e. The topological polar surface area (TPSA) is 105 Å². The molecule has 1 aliphatic heterocycles. The minimum atomic E-state index is -0.678. The quantitative estimate of drug-likeness (QED) is 0.377. The van der Waals surface area contributed by atoms with Crippen LogP contribution in [-0.4, -0.2) is 43.4 Å². The van der Waals surface area contributed by atoms with Gasteiger partial charge in [-0.2, -0.15) is 0 Å². The van der Waals surface area contributed by atoms with Gasteiger partial charge in [0.1, 0.15) is 0 Å². The van der Waals surface area contributed by atoms with Gasteiger partial charge >= 0.3 is 11.9 Å². The molecule has 0 aliphatic carbocycles. The number of ether oxygens (including phenoxy) is 4. The Hall–Kier alpha value is -4.18. The van der Waals surface area contributed by atoms with Crippen molar-refractivity contribution in [3.8, 4) is 11.5 Å². The van der Waals surface area contributed by atoms with E-state index in [9.17, 15) is 14.4 Å². The summed E-state index contributed by atoms with van der Waals surface area (Å²) in [6.07, 6.45) is 1.72. The fourth-order valence-electron chi connectivity index (χ4n) is 4.24. The van der Waals surface area contributed by atoms with Crippen LogP contribution < -0.4 is 24.4 Å². The maximum atomic E-state index is 13.8. The molecule has 0 saturated carbocycles. The van der Waals surface area contributed by atoms with E-state index in [0.717, 1.165) is 11.1 Å². The SMILES string of the molecule is CCOC(=O)COc1cc(/C=c2/sc3n(c2=O)[C@@H](c2ccc(C)cc2)C(C(=O)OCC)=C(C)N=3)ccc1OC. The number of carbonyl (C=O) groups is 2. The average Bonchev–Trinajstić information content (AvgIpc) is 3.21. The molecule has 39 heavy (non-hydrogen) atoms. The molecule has 10 heteroatoms. The van der Waals surface area contributed by atoms with E-state index in [4.69, 9.17) is 18.9 Å². The number of fused-ring (bicyclic) bond motifs is 1. The average molecular weight is 551 g/mol. The third-order valence-electron chi connectivity index (χ3n) is 6.05. The van der Waals surface area contributed by atoms with Gasteiger partial charge in [0.05, 0.1) is 42.2 Å². The molecule has 0 unspecified atom stereocenters. The van der Waals surface area contributed by atoms with Crippen LogP contribution in [0.4, 0.5) is 0 Å². The van der Waals surface area contributed by atoms with E-state index in [2.05, 4.69) is 4.99 Å². The molecular formula is C29H30N2O7S. The second kappa shape index (κ2) is 12.1. The van der Waals surface area contributed by atoms with Gasteiger partial charge in [0, 0.05) is 0 Å². The molecule has 1 aromatic heterocycles. The summed E-state index contributed by atoms with van der Waals surface area (Å²) in [4.78, 5) is 43.6. The first-order valence-electron chi connectivity index (χ1n) is 12.5. The van der Waals surface area contributed by atoms with E-state index in [1.807, 2.05) is 31.2 Å². The highest BCUT2D eigenvalue weighted by atomic mass is 32.1. The Morgan fingerprint density at radius 3 is 2.41 bits per heavy atom. The van der Waals surface area contributed by atoms with E-state index >= 15 is 0 Å². The predicted octanol–water partition coefficient (Wildman–Crippen LogP) is 3.06. The van der Waals surface area contributed by atoms with Crippen LogP contribution in [0.25, 0.3) is 6.08 Å². The zero-order valence-corrected chi connectivity index (χ0v) is 23.3. The molecule has 3 aromatic rings. The summed E-state index contributed by atoms with van der Waals surface area (Å²) < 4.78 is 23.2. The van der Waals surface area contributed by atoms with Crippen LogP contribution in [0.2, 0.25) is 0 Å². The second-order valence-electron chi connectivity index (χ2n) is 8.72. The van der Waals surface area contributed by atoms with E-state index < -0.39 is 18.0 Å². The van der Waals surface area contributed by atoms with Crippen molar-refractivity contribution in [1.82, 2.24) is 4.57 Å². The Bertz CT molecular complexity index is 1600. The van der Waals surface area contributed by atoms with Crippen molar-refractivity contribution in [3.05, 3.63) is 90.1 Å². The van der Waals surface area contributed by atoms with Crippen LogP contribution in [0.3, 0.4) is 0 Å². The number of hydrogen-bond acceptors (Lipinski definition) is 9. The summed E-state index contributed by atoms with van der Waals surface area (Å²) in [6.45, 7) is 7.37. The van der Waals surface area contributed by atoms with Crippen LogP contribution in [0, 0.1) is 6.92 Å². The standard InChI is InChI=1S/C29H30N2O7S/c1-6-36-24(32)16-38-22-14-19(10-13-21(22)35-5)15-23-27(33)31-26(20-11-8-17(3)9-12-20)25(28(34)37-7-2)18(4)30-29(31)39-23/h8-15,26H,6-7,16H2,1-5H3/b23-15+/t26-/m0/s1. The number of hydrogen-bond donors (Lipinski definition) is 0. The van der Waals surface area contributed by atoms with E-state index in [1.165, 1.54) is 18.4 Å². The van der Waals surface area contributed by atoms with Gasteiger partial charge in [0.2, 0.25) is 0 Å². The van der Waals surface area contributed by atoms with Crippen LogP contribution >= 0.6 is 11.3 Å². The van der Waals surface area contributed by atoms with Crippen molar-refractivity contribution in [2.24, 2.45) is 4.99 Å². The van der Waals surface area contributed by atoms with E-state index in [1.54, 1.807) is 49.6 Å². The third kappa shape index (κ3) is 5.96. The molecule has 204 valence electrons. The molecule has 0 amide bonds. The van der Waals surface area contributed by atoms with Crippen LogP contribution in [-0.2, 0) is 19.1 Å². The molecule has 1 aliphatic rings.